The molecule has 0 saturated heterocycles. The minimum atomic E-state index is -0.386. The van der Waals surface area contributed by atoms with Crippen LogP contribution < -0.4 is 15.4 Å². The molecule has 0 aliphatic heterocycles. The molecule has 0 radical (unpaired) electrons. The van der Waals surface area contributed by atoms with Crippen molar-refractivity contribution in [3.63, 3.8) is 0 Å². The van der Waals surface area contributed by atoms with Crippen LogP contribution in [0.5, 0.6) is 5.75 Å². The molecule has 0 heterocycles. The van der Waals surface area contributed by atoms with Gasteiger partial charge in [-0.3, -0.25) is 0 Å². The molecule has 20 heavy (non-hydrogen) atoms. The van der Waals surface area contributed by atoms with Gasteiger partial charge in [0, 0.05) is 4.47 Å². The first-order valence-corrected chi connectivity index (χ1v) is 6.96. The molecule has 0 spiro atoms. The molecule has 0 aliphatic carbocycles. The lowest BCUT2D eigenvalue weighted by Crippen LogP contribution is -2.20. The lowest BCUT2D eigenvalue weighted by atomic mass is 10.3. The molecule has 3 nitrogen and oxygen atoms in total. The van der Waals surface area contributed by atoms with Gasteiger partial charge < -0.3 is 15.4 Å². The van der Waals surface area contributed by atoms with Crippen molar-refractivity contribution in [3.05, 3.63) is 52.8 Å². The maximum absolute atomic E-state index is 13.7. The summed E-state index contributed by atoms with van der Waals surface area (Å²) in [5.74, 6) is 0.275. The summed E-state index contributed by atoms with van der Waals surface area (Å²) in [6.45, 7) is 0. The van der Waals surface area contributed by atoms with Gasteiger partial charge in [0.25, 0.3) is 0 Å². The van der Waals surface area contributed by atoms with Crippen LogP contribution in [0.3, 0.4) is 0 Å². The molecule has 2 N–H and O–H groups in total. The van der Waals surface area contributed by atoms with Crippen LogP contribution in [-0.2, 0) is 0 Å². The van der Waals surface area contributed by atoms with E-state index in [1.54, 1.807) is 19.2 Å². The van der Waals surface area contributed by atoms with E-state index in [1.807, 2.05) is 24.3 Å². The number of benzene rings is 2. The van der Waals surface area contributed by atoms with E-state index in [1.165, 1.54) is 6.07 Å². The van der Waals surface area contributed by atoms with Crippen LogP contribution in [-0.4, -0.2) is 12.2 Å². The number of nitrogens with one attached hydrogen (secondary N) is 2. The van der Waals surface area contributed by atoms with Crippen molar-refractivity contribution in [3.8, 4) is 5.75 Å². The van der Waals surface area contributed by atoms with Gasteiger partial charge in [-0.1, -0.05) is 28.1 Å². The maximum atomic E-state index is 13.7. The zero-order chi connectivity index (χ0) is 14.5. The highest BCUT2D eigenvalue weighted by Gasteiger charge is 2.07. The third-order valence-electron chi connectivity index (χ3n) is 2.53. The molecule has 104 valence electrons. The van der Waals surface area contributed by atoms with E-state index in [-0.39, 0.29) is 10.9 Å². The van der Waals surface area contributed by atoms with Gasteiger partial charge in [-0.05, 0) is 42.5 Å². The van der Waals surface area contributed by atoms with E-state index in [0.717, 1.165) is 0 Å². The average Bonchev–Trinajstić information content (AvgIpc) is 2.42. The molecule has 0 unspecified atom stereocenters. The average molecular weight is 355 g/mol. The summed E-state index contributed by atoms with van der Waals surface area (Å²) in [5.41, 5.74) is 1.02. The van der Waals surface area contributed by atoms with Crippen LogP contribution in [0.15, 0.2) is 46.9 Å². The Hall–Kier alpha value is -1.66. The Bertz CT molecular complexity index is 636. The smallest absolute Gasteiger partial charge is 0.175 e. The quantitative estimate of drug-likeness (QED) is 0.800. The summed E-state index contributed by atoms with van der Waals surface area (Å²) >= 11 is 8.36. The second kappa shape index (κ2) is 6.67. The minimum absolute atomic E-state index is 0.288. The standard InChI is InChI=1S/C14H12BrFN2OS/c1-19-13-5-3-2-4-12(13)18-14(20)17-11-7-6-9(15)8-10(11)16/h2-8H,1H3,(H2,17,18,20). The van der Waals surface area contributed by atoms with Crippen LogP contribution in [0.1, 0.15) is 0 Å². The molecular formula is C14H12BrFN2OS. The monoisotopic (exact) mass is 354 g/mol. The van der Waals surface area contributed by atoms with E-state index < -0.39 is 0 Å². The van der Waals surface area contributed by atoms with Gasteiger partial charge in [0.1, 0.15) is 11.6 Å². The zero-order valence-electron chi connectivity index (χ0n) is 10.6. The van der Waals surface area contributed by atoms with Gasteiger partial charge in [0.05, 0.1) is 18.5 Å². The van der Waals surface area contributed by atoms with Crippen molar-refractivity contribution in [2.24, 2.45) is 0 Å². The largest absolute Gasteiger partial charge is 0.495 e. The van der Waals surface area contributed by atoms with Crippen molar-refractivity contribution in [1.82, 2.24) is 0 Å². The third-order valence-corrected chi connectivity index (χ3v) is 3.23. The highest BCUT2D eigenvalue weighted by molar-refractivity contribution is 9.10. The second-order valence-electron chi connectivity index (χ2n) is 3.90. The Morgan fingerprint density at radius 1 is 1.15 bits per heavy atom. The highest BCUT2D eigenvalue weighted by atomic mass is 79.9. The molecule has 2 rings (SSSR count). The number of thiocarbonyl (C=S) groups is 1. The van der Waals surface area contributed by atoms with Gasteiger partial charge in [0.15, 0.2) is 5.11 Å². The van der Waals surface area contributed by atoms with Crippen molar-refractivity contribution >= 4 is 44.6 Å². The lowest BCUT2D eigenvalue weighted by Gasteiger charge is -2.13. The summed E-state index contributed by atoms with van der Waals surface area (Å²) in [4.78, 5) is 0. The van der Waals surface area contributed by atoms with E-state index in [0.29, 0.717) is 21.6 Å². The van der Waals surface area contributed by atoms with Gasteiger partial charge in [-0.25, -0.2) is 4.39 Å². The summed E-state index contributed by atoms with van der Waals surface area (Å²) in [6.07, 6.45) is 0. The fourth-order valence-electron chi connectivity index (χ4n) is 1.61. The molecule has 2 aromatic rings. The number of halogens is 2. The molecule has 0 atom stereocenters. The van der Waals surface area contributed by atoms with Crippen LogP contribution in [0.25, 0.3) is 0 Å². The maximum Gasteiger partial charge on any atom is 0.175 e. The number of hydrogen-bond acceptors (Lipinski definition) is 2. The van der Waals surface area contributed by atoms with Crippen molar-refractivity contribution in [2.75, 3.05) is 17.7 Å². The zero-order valence-corrected chi connectivity index (χ0v) is 13.0. The van der Waals surface area contributed by atoms with Crippen LogP contribution >= 0.6 is 28.1 Å². The van der Waals surface area contributed by atoms with Gasteiger partial charge in [-0.15, -0.1) is 0 Å². The summed E-state index contributed by atoms with van der Waals surface area (Å²) in [7, 11) is 1.57. The predicted molar refractivity (Wildman–Crippen MR) is 86.9 cm³/mol. The molecule has 0 saturated carbocycles. The van der Waals surface area contributed by atoms with E-state index in [9.17, 15) is 4.39 Å². The Morgan fingerprint density at radius 2 is 1.85 bits per heavy atom. The van der Waals surface area contributed by atoms with Crippen LogP contribution in [0.4, 0.5) is 15.8 Å². The Labute approximate surface area is 130 Å². The summed E-state index contributed by atoms with van der Waals surface area (Å²) < 4.78 is 19.6. The van der Waals surface area contributed by atoms with Gasteiger partial charge >= 0.3 is 0 Å². The first-order valence-electron chi connectivity index (χ1n) is 5.76. The molecule has 2 aromatic carbocycles. The van der Waals surface area contributed by atoms with E-state index in [4.69, 9.17) is 17.0 Å². The van der Waals surface area contributed by atoms with E-state index in [2.05, 4.69) is 26.6 Å². The molecule has 0 amide bonds. The minimum Gasteiger partial charge on any atom is -0.495 e. The lowest BCUT2D eigenvalue weighted by molar-refractivity contribution is 0.417. The fraction of sp³-hybridized carbons (Fsp3) is 0.0714. The number of hydrogen-bond donors (Lipinski definition) is 2. The Kier molecular flexibility index (Phi) is 4.92. The van der Waals surface area contributed by atoms with Crippen LogP contribution in [0, 0.1) is 5.82 Å². The molecule has 0 aromatic heterocycles. The van der Waals surface area contributed by atoms with Crippen LogP contribution in [0.2, 0.25) is 0 Å². The van der Waals surface area contributed by atoms with Gasteiger partial charge in [-0.2, -0.15) is 0 Å². The summed E-state index contributed by atoms with van der Waals surface area (Å²) in [6, 6.07) is 12.1. The summed E-state index contributed by atoms with van der Waals surface area (Å²) in [5, 5.41) is 6.06. The topological polar surface area (TPSA) is 33.3 Å². The first kappa shape index (κ1) is 14.7. The van der Waals surface area contributed by atoms with E-state index >= 15 is 0 Å². The van der Waals surface area contributed by atoms with Crippen molar-refractivity contribution in [1.29, 1.82) is 0 Å². The number of para-hydroxylation sites is 2. The molecular weight excluding hydrogens is 343 g/mol. The second-order valence-corrected chi connectivity index (χ2v) is 5.23. The number of methoxy groups -OCH3 is 1. The number of ether oxygens (including phenoxy) is 1. The number of rotatable bonds is 3. The number of anilines is 2. The molecule has 6 heteroatoms. The van der Waals surface area contributed by atoms with Gasteiger partial charge in [0.2, 0.25) is 0 Å². The SMILES string of the molecule is COc1ccccc1NC(=S)Nc1ccc(Br)cc1F. The van der Waals surface area contributed by atoms with Crippen molar-refractivity contribution < 1.29 is 9.13 Å². The Morgan fingerprint density at radius 3 is 2.55 bits per heavy atom. The molecule has 0 fully saturated rings. The third kappa shape index (κ3) is 3.68. The first-order chi connectivity index (χ1) is 9.60. The highest BCUT2D eigenvalue weighted by Crippen LogP contribution is 2.24. The molecule has 0 bridgehead atoms. The predicted octanol–water partition coefficient (Wildman–Crippen LogP) is 4.41. The normalized spacial score (nSPS) is 9.95. The van der Waals surface area contributed by atoms with Crippen molar-refractivity contribution in [2.45, 2.75) is 0 Å². The molecule has 0 aliphatic rings. The Balaban J connectivity index is 2.09. The fourth-order valence-corrected chi connectivity index (χ4v) is 2.17.